The van der Waals surface area contributed by atoms with Gasteiger partial charge in [-0.05, 0) is 30.0 Å². The van der Waals surface area contributed by atoms with E-state index < -0.39 is 23.9 Å². The fourth-order valence-electron chi connectivity index (χ4n) is 3.31. The summed E-state index contributed by atoms with van der Waals surface area (Å²) in [6, 6.07) is 5.44. The summed E-state index contributed by atoms with van der Waals surface area (Å²) in [4.78, 5) is 56.8. The van der Waals surface area contributed by atoms with Crippen LogP contribution in [0.5, 0.6) is 0 Å². The molecule has 0 saturated heterocycles. The van der Waals surface area contributed by atoms with E-state index in [9.17, 15) is 24.0 Å². The van der Waals surface area contributed by atoms with E-state index in [1.54, 1.807) is 44.5 Å². The van der Waals surface area contributed by atoms with E-state index in [1.807, 2.05) is 6.92 Å². The van der Waals surface area contributed by atoms with Crippen molar-refractivity contribution in [3.8, 4) is 0 Å². The van der Waals surface area contributed by atoms with Gasteiger partial charge >= 0.3 is 6.03 Å². The molecule has 1 unspecified atom stereocenters. The molecule has 6 amide bonds. The van der Waals surface area contributed by atoms with Crippen molar-refractivity contribution < 1.29 is 48.0 Å². The minimum Gasteiger partial charge on any atom is -0.528 e. The molecule has 0 heterocycles. The molecule has 0 aliphatic carbocycles. The number of hydrogen-bond acceptors (Lipinski definition) is 10. The predicted molar refractivity (Wildman–Crippen MR) is 170 cm³/mol. The maximum absolute atomic E-state index is 12.6. The molecule has 16 nitrogen and oxygen atoms in total. The van der Waals surface area contributed by atoms with Crippen molar-refractivity contribution >= 4 is 35.9 Å². The number of urea groups is 1. The quantitative estimate of drug-likeness (QED) is 0.0380. The van der Waals surface area contributed by atoms with E-state index in [0.717, 1.165) is 12.0 Å². The number of ether oxygens (including phenoxy) is 4. The van der Waals surface area contributed by atoms with Gasteiger partial charge in [0.05, 0.1) is 66.0 Å². The maximum Gasteiger partial charge on any atom is 0.312 e. The molecule has 8 N–H and O–H groups in total. The molecule has 0 saturated carbocycles. The van der Waals surface area contributed by atoms with Crippen molar-refractivity contribution in [3.05, 3.63) is 29.8 Å². The van der Waals surface area contributed by atoms with Crippen LogP contribution in [0.2, 0.25) is 0 Å². The third-order valence-corrected chi connectivity index (χ3v) is 5.69. The number of amides is 6. The van der Waals surface area contributed by atoms with Crippen molar-refractivity contribution in [2.75, 3.05) is 77.8 Å². The van der Waals surface area contributed by atoms with Gasteiger partial charge in [0.25, 0.3) is 0 Å². The first-order valence-corrected chi connectivity index (χ1v) is 15.2. The number of carbonyl (C=O) groups is 4. The van der Waals surface area contributed by atoms with Gasteiger partial charge in [-0.3, -0.25) is 14.4 Å². The van der Waals surface area contributed by atoms with E-state index in [2.05, 4.69) is 26.6 Å². The van der Waals surface area contributed by atoms with Crippen LogP contribution in [-0.4, -0.2) is 114 Å². The van der Waals surface area contributed by atoms with Crippen molar-refractivity contribution in [2.24, 2.45) is 11.7 Å². The van der Waals surface area contributed by atoms with E-state index in [-0.39, 0.29) is 38.0 Å². The Bertz CT molecular complexity index is 988. The zero-order chi connectivity index (χ0) is 34.4. The minimum atomic E-state index is -0.797. The van der Waals surface area contributed by atoms with Crippen LogP contribution in [0, 0.1) is 5.92 Å². The summed E-state index contributed by atoms with van der Waals surface area (Å²) >= 11 is 0. The Balaban J connectivity index is 0. The topological polar surface area (TPSA) is 229 Å². The monoisotopic (exact) mass is 912 g/mol. The van der Waals surface area contributed by atoms with Gasteiger partial charge in [-0.15, -0.1) is 0 Å². The fraction of sp³-hybridized carbons (Fsp3) is 0.633. The molecule has 0 aliphatic heterocycles. The number of hydrogen-bond donors (Lipinski definition) is 7. The number of aliphatic hydroxyl groups excluding tert-OH is 1. The Hall–Kier alpha value is -4.83. The van der Waals surface area contributed by atoms with Crippen molar-refractivity contribution in [1.82, 2.24) is 21.3 Å². The van der Waals surface area contributed by atoms with Crippen LogP contribution in [0.15, 0.2) is 24.3 Å². The molecular weight excluding hydrogens is 861 g/mol. The van der Waals surface area contributed by atoms with Crippen LogP contribution in [0.25, 0.3) is 0 Å². The molecule has 47 heavy (non-hydrogen) atoms. The summed E-state index contributed by atoms with van der Waals surface area (Å²) < 4.78 is 21.3. The zero-order valence-corrected chi connectivity index (χ0v) is 29.8. The molecule has 0 fully saturated rings. The van der Waals surface area contributed by atoms with E-state index in [0.29, 0.717) is 65.0 Å². The summed E-state index contributed by atoms with van der Waals surface area (Å²) in [6.07, 6.45) is 2.57. The summed E-state index contributed by atoms with van der Waals surface area (Å²) in [5, 5.41) is 21.8. The fourth-order valence-corrected chi connectivity index (χ4v) is 3.31. The largest absolute Gasteiger partial charge is 0.528 e. The van der Waals surface area contributed by atoms with Crippen molar-refractivity contribution in [1.29, 1.82) is 0 Å². The Morgan fingerprint density at radius 3 is 1.85 bits per heavy atom. The van der Waals surface area contributed by atoms with Gasteiger partial charge in [0, 0.05) is 25.2 Å². The number of rotatable bonds is 25. The normalized spacial score (nSPS) is 10.8. The summed E-state index contributed by atoms with van der Waals surface area (Å²) in [7, 11) is 0. The molecular formula is C30H51FmN6O10-. The standard InChI is InChI=1S/C26H41N4O9.C4H10N2O.Fm/c1-20(2)25(26(35)28-17-24(34)29-22-5-3-21(18-31)4-6-22)30-23(33)7-9-36-11-13-38-15-16-39-14-12-37-10-8-27-19-32;1-2-3-6-4(5)7;/h3-6,20,25,31H,7-18H2,1-2H3,(H,27,32)(H,28,35)(H,29,34)(H,30,33);2-3H2,1H3,(H3,5,6,7);/q-1;;. The summed E-state index contributed by atoms with van der Waals surface area (Å²) in [5.41, 5.74) is 5.99. The van der Waals surface area contributed by atoms with E-state index in [4.69, 9.17) is 29.8 Å². The zero-order valence-electron chi connectivity index (χ0n) is 27.4. The molecule has 1 aromatic carbocycles. The predicted octanol–water partition coefficient (Wildman–Crippen LogP) is -0.448. The van der Waals surface area contributed by atoms with E-state index >= 15 is 0 Å². The second-order valence-corrected chi connectivity index (χ2v) is 9.93. The Morgan fingerprint density at radius 1 is 0.830 bits per heavy atom. The average Bonchev–Trinajstić information content (AvgIpc) is 3.03. The number of nitrogens with one attached hydrogen (secondary N) is 5. The second-order valence-electron chi connectivity index (χ2n) is 9.93. The van der Waals surface area contributed by atoms with Crippen LogP contribution >= 0.6 is 0 Å². The van der Waals surface area contributed by atoms with E-state index in [1.165, 1.54) is 0 Å². The molecule has 1 atom stereocenters. The first kappa shape index (κ1) is 44.3. The van der Waals surface area contributed by atoms with Gasteiger partial charge in [0.2, 0.25) is 17.7 Å². The molecule has 0 aliphatic rings. The smallest absolute Gasteiger partial charge is 0.312 e. The first-order valence-electron chi connectivity index (χ1n) is 15.2. The average molecular weight is 913 g/mol. The second kappa shape index (κ2) is 29.9. The Kier molecular flexibility index (Phi) is 28.1. The van der Waals surface area contributed by atoms with Gasteiger partial charge in [-0.1, -0.05) is 32.9 Å². The van der Waals surface area contributed by atoms with Gasteiger partial charge in [-0.2, -0.15) is 6.41 Å². The minimum absolute atomic E-state index is 0. The molecule has 0 radical (unpaired) electrons. The first-order chi connectivity index (χ1) is 22.1. The molecule has 0 spiro atoms. The van der Waals surface area contributed by atoms with Gasteiger partial charge in [-0.25, -0.2) is 4.79 Å². The van der Waals surface area contributed by atoms with Gasteiger partial charge < -0.3 is 61.2 Å². The number of carbonyl (C=O) groups excluding carboxylic acids is 5. The van der Waals surface area contributed by atoms with Crippen LogP contribution in [-0.2, 0) is 44.7 Å². The van der Waals surface area contributed by atoms with Crippen LogP contribution in [0.4, 0.5) is 10.5 Å². The van der Waals surface area contributed by atoms with Crippen LogP contribution in [0.3, 0.4) is 0 Å². The maximum atomic E-state index is 12.6. The number of anilines is 1. The molecule has 1 rings (SSSR count). The van der Waals surface area contributed by atoms with Crippen molar-refractivity contribution in [2.45, 2.75) is 46.3 Å². The molecule has 1 aromatic rings. The summed E-state index contributed by atoms with van der Waals surface area (Å²) in [6.45, 7) is 9.17. The van der Waals surface area contributed by atoms with Crippen LogP contribution < -0.4 is 32.3 Å². The number of nitrogens with two attached hydrogens (primary N) is 1. The third kappa shape index (κ3) is 26.1. The van der Waals surface area contributed by atoms with Gasteiger partial charge in [0.15, 0.2) is 0 Å². The molecule has 0 bridgehead atoms. The van der Waals surface area contributed by atoms with Gasteiger partial charge in [0.1, 0.15) is 6.04 Å². The van der Waals surface area contributed by atoms with Crippen molar-refractivity contribution in [3.63, 3.8) is 0 Å². The van der Waals surface area contributed by atoms with Crippen LogP contribution in [0.1, 0.15) is 39.2 Å². The Labute approximate surface area is 270 Å². The molecule has 274 valence electrons. The third-order valence-electron chi connectivity index (χ3n) is 5.69. The number of benzene rings is 1. The number of primary amides is 1. The molecule has 17 heteroatoms. The molecule has 0 aromatic heterocycles. The Morgan fingerprint density at radius 2 is 1.38 bits per heavy atom. The SMILES string of the molecule is CC(C)C(NC(=O)CCOCCOCCOCCOCCN[C-]=O)C(=O)NCC(=O)Nc1ccc(CO)cc1.CCCNC(N)=O.[Fm]. The summed E-state index contributed by atoms with van der Waals surface area (Å²) in [5.74, 6) is -1.40. The number of aliphatic hydroxyl groups is 1.